The van der Waals surface area contributed by atoms with E-state index in [1.807, 2.05) is 38.1 Å². The van der Waals surface area contributed by atoms with Crippen molar-refractivity contribution in [3.8, 4) is 0 Å². The third kappa shape index (κ3) is 5.73. The van der Waals surface area contributed by atoms with E-state index >= 15 is 0 Å². The molecule has 0 aliphatic carbocycles. The molecule has 0 aliphatic heterocycles. The van der Waals surface area contributed by atoms with Gasteiger partial charge in [0.05, 0.1) is 18.0 Å². The molecule has 0 saturated heterocycles. The van der Waals surface area contributed by atoms with E-state index in [9.17, 15) is 13.2 Å². The van der Waals surface area contributed by atoms with Gasteiger partial charge in [-0.15, -0.1) is 0 Å². The molecule has 0 radical (unpaired) electrons. The Bertz CT molecular complexity index is 959. The van der Waals surface area contributed by atoms with E-state index in [0.29, 0.717) is 17.1 Å². The Morgan fingerprint density at radius 2 is 1.76 bits per heavy atom. The fourth-order valence-electron chi connectivity index (χ4n) is 3.21. The first-order valence-corrected chi connectivity index (χ1v) is 12.0. The van der Waals surface area contributed by atoms with Crippen molar-refractivity contribution in [1.29, 1.82) is 0 Å². The zero-order valence-electron chi connectivity index (χ0n) is 17.6. The predicted molar refractivity (Wildman–Crippen MR) is 120 cm³/mol. The first-order chi connectivity index (χ1) is 13.6. The first-order valence-electron chi connectivity index (χ1n) is 9.73. The lowest BCUT2D eigenvalue weighted by Gasteiger charge is -2.31. The molecule has 1 N–H and O–H groups in total. The summed E-state index contributed by atoms with van der Waals surface area (Å²) in [5.41, 5.74) is 3.41. The fourth-order valence-corrected chi connectivity index (χ4v) is 4.59. The third-order valence-corrected chi connectivity index (χ3v) is 6.57. The van der Waals surface area contributed by atoms with E-state index in [1.54, 1.807) is 25.1 Å². The van der Waals surface area contributed by atoms with Crippen molar-refractivity contribution < 1.29 is 13.2 Å². The highest BCUT2D eigenvalue weighted by Crippen LogP contribution is 2.28. The van der Waals surface area contributed by atoms with Crippen LogP contribution in [0.2, 0.25) is 5.02 Å². The van der Waals surface area contributed by atoms with Crippen LogP contribution in [0, 0.1) is 6.92 Å². The van der Waals surface area contributed by atoms with E-state index < -0.39 is 16.1 Å². The molecule has 2 aromatic rings. The van der Waals surface area contributed by atoms with Crippen LogP contribution in [0.15, 0.2) is 42.5 Å². The van der Waals surface area contributed by atoms with Crippen LogP contribution < -0.4 is 9.62 Å². The standard InChI is InChI=1S/C22H29ClN2O3S/c1-6-17-9-11-18(12-10-17)16(4)24-22(26)21(7-2)25(29(5,27)28)19-13-8-15(3)20(23)14-19/h8-14,16,21H,6-7H2,1-5H3,(H,24,26). The number of aryl methyl sites for hydroxylation is 2. The molecular formula is C22H29ClN2O3S. The van der Waals surface area contributed by atoms with Gasteiger partial charge in [0.25, 0.3) is 0 Å². The summed E-state index contributed by atoms with van der Waals surface area (Å²) in [6.45, 7) is 7.60. The number of hydrogen-bond donors (Lipinski definition) is 1. The van der Waals surface area contributed by atoms with E-state index in [0.717, 1.165) is 28.1 Å². The maximum absolute atomic E-state index is 13.0. The lowest BCUT2D eigenvalue weighted by molar-refractivity contribution is -0.122. The van der Waals surface area contributed by atoms with E-state index in [1.165, 1.54) is 5.56 Å². The van der Waals surface area contributed by atoms with Gasteiger partial charge in [0.15, 0.2) is 0 Å². The number of rotatable bonds is 8. The summed E-state index contributed by atoms with van der Waals surface area (Å²) < 4.78 is 26.3. The van der Waals surface area contributed by atoms with Crippen LogP contribution in [0.25, 0.3) is 0 Å². The summed E-state index contributed by atoms with van der Waals surface area (Å²) in [6, 6.07) is 11.9. The third-order valence-electron chi connectivity index (χ3n) is 4.99. The molecule has 0 aliphatic rings. The Hall–Kier alpha value is -2.05. The molecule has 158 valence electrons. The summed E-state index contributed by atoms with van der Waals surface area (Å²) in [7, 11) is -3.70. The molecule has 7 heteroatoms. The van der Waals surface area contributed by atoms with Gasteiger partial charge in [0.1, 0.15) is 6.04 Å². The average Bonchev–Trinajstić information content (AvgIpc) is 2.67. The number of nitrogens with one attached hydrogen (secondary N) is 1. The van der Waals surface area contributed by atoms with Gasteiger partial charge in [0.2, 0.25) is 15.9 Å². The van der Waals surface area contributed by atoms with Gasteiger partial charge in [0, 0.05) is 5.02 Å². The summed E-state index contributed by atoms with van der Waals surface area (Å²) in [5, 5.41) is 3.41. The Kier molecular flexibility index (Phi) is 7.72. The molecule has 1 amide bonds. The first kappa shape index (κ1) is 23.2. The highest BCUT2D eigenvalue weighted by molar-refractivity contribution is 7.92. The average molecular weight is 437 g/mol. The number of nitrogens with zero attached hydrogens (tertiary/aromatic N) is 1. The van der Waals surface area contributed by atoms with Crippen LogP contribution in [0.3, 0.4) is 0 Å². The highest BCUT2D eigenvalue weighted by atomic mass is 35.5. The summed E-state index contributed by atoms with van der Waals surface area (Å²) >= 11 is 6.20. The normalized spacial score (nSPS) is 13.6. The minimum Gasteiger partial charge on any atom is -0.348 e. The van der Waals surface area contributed by atoms with Crippen molar-refractivity contribution in [2.24, 2.45) is 0 Å². The molecule has 2 aromatic carbocycles. The monoisotopic (exact) mass is 436 g/mol. The number of amides is 1. The van der Waals surface area contributed by atoms with E-state index in [4.69, 9.17) is 11.6 Å². The van der Waals surface area contributed by atoms with Crippen LogP contribution in [0.4, 0.5) is 5.69 Å². The van der Waals surface area contributed by atoms with Crippen LogP contribution >= 0.6 is 11.6 Å². The smallest absolute Gasteiger partial charge is 0.244 e. The van der Waals surface area contributed by atoms with Crippen LogP contribution in [0.1, 0.15) is 49.9 Å². The van der Waals surface area contributed by atoms with Crippen LogP contribution in [0.5, 0.6) is 0 Å². The number of anilines is 1. The SMILES string of the molecule is CCc1ccc(C(C)NC(=O)C(CC)N(c2ccc(C)c(Cl)c2)S(C)(=O)=O)cc1. The molecule has 0 heterocycles. The Labute approximate surface area is 179 Å². The second kappa shape index (κ2) is 9.63. The molecule has 2 unspecified atom stereocenters. The second-order valence-electron chi connectivity index (χ2n) is 7.24. The number of carbonyl (C=O) groups excluding carboxylic acids is 1. The Morgan fingerprint density at radius 1 is 1.14 bits per heavy atom. The molecule has 29 heavy (non-hydrogen) atoms. The van der Waals surface area contributed by atoms with Crippen molar-refractivity contribution in [1.82, 2.24) is 5.32 Å². The fraction of sp³-hybridized carbons (Fsp3) is 0.409. The zero-order valence-corrected chi connectivity index (χ0v) is 19.1. The van der Waals surface area contributed by atoms with Crippen molar-refractivity contribution in [3.63, 3.8) is 0 Å². The molecular weight excluding hydrogens is 408 g/mol. The van der Waals surface area contributed by atoms with Gasteiger partial charge >= 0.3 is 0 Å². The van der Waals surface area contributed by atoms with Gasteiger partial charge in [-0.2, -0.15) is 0 Å². The number of hydrogen-bond acceptors (Lipinski definition) is 3. The van der Waals surface area contributed by atoms with Gasteiger partial charge in [-0.1, -0.05) is 55.8 Å². The van der Waals surface area contributed by atoms with Crippen molar-refractivity contribution in [2.75, 3.05) is 10.6 Å². The lowest BCUT2D eigenvalue weighted by Crippen LogP contribution is -2.49. The van der Waals surface area contributed by atoms with E-state index in [-0.39, 0.29) is 11.9 Å². The largest absolute Gasteiger partial charge is 0.348 e. The number of sulfonamides is 1. The Morgan fingerprint density at radius 3 is 2.24 bits per heavy atom. The zero-order chi connectivity index (χ0) is 21.8. The molecule has 0 aromatic heterocycles. The number of benzene rings is 2. The van der Waals surface area contributed by atoms with Gasteiger partial charge in [-0.05, 0) is 55.5 Å². The summed E-state index contributed by atoms with van der Waals surface area (Å²) in [5.74, 6) is -0.346. The molecule has 0 bridgehead atoms. The number of carbonyl (C=O) groups is 1. The summed E-state index contributed by atoms with van der Waals surface area (Å²) in [4.78, 5) is 13.0. The molecule has 0 spiro atoms. The number of halogens is 1. The molecule has 2 atom stereocenters. The van der Waals surface area contributed by atoms with E-state index in [2.05, 4.69) is 12.2 Å². The molecule has 2 rings (SSSR count). The maximum atomic E-state index is 13.0. The minimum absolute atomic E-state index is 0.245. The summed E-state index contributed by atoms with van der Waals surface area (Å²) in [6.07, 6.45) is 2.37. The van der Waals surface area contributed by atoms with Crippen molar-refractivity contribution in [2.45, 2.75) is 52.6 Å². The maximum Gasteiger partial charge on any atom is 0.244 e. The molecule has 0 fully saturated rings. The van der Waals surface area contributed by atoms with Crippen LogP contribution in [-0.2, 0) is 21.2 Å². The van der Waals surface area contributed by atoms with Crippen molar-refractivity contribution in [3.05, 3.63) is 64.2 Å². The van der Waals surface area contributed by atoms with Gasteiger partial charge in [-0.3, -0.25) is 9.10 Å². The highest BCUT2D eigenvalue weighted by Gasteiger charge is 2.32. The van der Waals surface area contributed by atoms with Crippen LogP contribution in [-0.4, -0.2) is 26.6 Å². The molecule has 5 nitrogen and oxygen atoms in total. The topological polar surface area (TPSA) is 66.5 Å². The second-order valence-corrected chi connectivity index (χ2v) is 9.51. The quantitative estimate of drug-likeness (QED) is 0.655. The van der Waals surface area contributed by atoms with Gasteiger partial charge < -0.3 is 5.32 Å². The van der Waals surface area contributed by atoms with Crippen molar-refractivity contribution >= 4 is 33.2 Å². The predicted octanol–water partition coefficient (Wildman–Crippen LogP) is 4.63. The van der Waals surface area contributed by atoms with Gasteiger partial charge in [-0.25, -0.2) is 8.42 Å². The minimum atomic E-state index is -3.70. The Balaban J connectivity index is 2.30. The lowest BCUT2D eigenvalue weighted by atomic mass is 10.0. The molecule has 0 saturated carbocycles.